The molecule has 20 heavy (non-hydrogen) atoms. The quantitative estimate of drug-likeness (QED) is 0.716. The van der Waals surface area contributed by atoms with Crippen molar-refractivity contribution in [3.05, 3.63) is 0 Å². The third-order valence-electron chi connectivity index (χ3n) is 3.22. The average Bonchev–Trinajstić information content (AvgIpc) is 2.38. The van der Waals surface area contributed by atoms with Crippen molar-refractivity contribution in [3.8, 4) is 0 Å². The number of ether oxygens (including phenoxy) is 1. The Bertz CT molecular complexity index is 359. The van der Waals surface area contributed by atoms with Gasteiger partial charge in [-0.15, -0.1) is 0 Å². The molecule has 0 bridgehead atoms. The molecule has 0 aromatic heterocycles. The summed E-state index contributed by atoms with van der Waals surface area (Å²) in [5.74, 6) is -1.67. The van der Waals surface area contributed by atoms with Gasteiger partial charge in [0.15, 0.2) is 6.04 Å². The first kappa shape index (κ1) is 16.4. The Morgan fingerprint density at radius 1 is 1.35 bits per heavy atom. The molecular formula is C13H22N2O5. The number of rotatable bonds is 6. The van der Waals surface area contributed by atoms with E-state index in [1.807, 2.05) is 0 Å². The fourth-order valence-electron chi connectivity index (χ4n) is 2.14. The van der Waals surface area contributed by atoms with Gasteiger partial charge in [-0.3, -0.25) is 9.59 Å². The number of amides is 2. The molecule has 2 amide bonds. The van der Waals surface area contributed by atoms with Gasteiger partial charge in [0, 0.05) is 20.1 Å². The maximum absolute atomic E-state index is 11.9. The zero-order valence-corrected chi connectivity index (χ0v) is 11.8. The van der Waals surface area contributed by atoms with Crippen LogP contribution in [0.4, 0.5) is 0 Å². The molecule has 0 spiro atoms. The molecule has 1 fully saturated rings. The van der Waals surface area contributed by atoms with Crippen molar-refractivity contribution < 1.29 is 24.2 Å². The number of nitrogens with one attached hydrogen (secondary N) is 1. The van der Waals surface area contributed by atoms with Crippen LogP contribution in [0, 0.1) is 0 Å². The van der Waals surface area contributed by atoms with Gasteiger partial charge >= 0.3 is 5.97 Å². The van der Waals surface area contributed by atoms with Gasteiger partial charge in [-0.05, 0) is 12.8 Å². The lowest BCUT2D eigenvalue weighted by atomic mass is 10.1. The van der Waals surface area contributed by atoms with Gasteiger partial charge in [-0.1, -0.05) is 12.8 Å². The molecule has 2 N–H and O–H groups in total. The Balaban J connectivity index is 2.49. The number of nitrogens with zero attached hydrogens (tertiary/aromatic N) is 1. The Kier molecular flexibility index (Phi) is 7.00. The summed E-state index contributed by atoms with van der Waals surface area (Å²) < 4.78 is 4.74. The van der Waals surface area contributed by atoms with E-state index in [1.54, 1.807) is 0 Å². The van der Waals surface area contributed by atoms with Gasteiger partial charge in [0.25, 0.3) is 0 Å². The summed E-state index contributed by atoms with van der Waals surface area (Å²) >= 11 is 0. The Labute approximate surface area is 118 Å². The van der Waals surface area contributed by atoms with Gasteiger partial charge in [0.2, 0.25) is 11.8 Å². The molecule has 0 saturated carbocycles. The number of hydrogen-bond donors (Lipinski definition) is 2. The van der Waals surface area contributed by atoms with E-state index in [9.17, 15) is 14.4 Å². The zero-order valence-electron chi connectivity index (χ0n) is 11.8. The summed E-state index contributed by atoms with van der Waals surface area (Å²) in [7, 11) is 1.37. The molecular weight excluding hydrogens is 264 g/mol. The van der Waals surface area contributed by atoms with Crippen LogP contribution in [0.3, 0.4) is 0 Å². The fourth-order valence-corrected chi connectivity index (χ4v) is 2.14. The summed E-state index contributed by atoms with van der Waals surface area (Å²) in [4.78, 5) is 36.1. The highest BCUT2D eigenvalue weighted by atomic mass is 16.5. The molecule has 1 saturated heterocycles. The predicted octanol–water partition coefficient (Wildman–Crippen LogP) is -0.00510. The minimum absolute atomic E-state index is 0.0431. The number of carboxylic acid groups (broad SMARTS) is 1. The number of carboxylic acids is 1. The fraction of sp³-hybridized carbons (Fsp3) is 0.769. The van der Waals surface area contributed by atoms with Crippen LogP contribution in [0.2, 0.25) is 0 Å². The Hall–Kier alpha value is -1.63. The number of hydrogen-bond acceptors (Lipinski definition) is 4. The lowest BCUT2D eigenvalue weighted by Gasteiger charge is -2.25. The van der Waals surface area contributed by atoms with Crippen molar-refractivity contribution >= 4 is 17.8 Å². The van der Waals surface area contributed by atoms with E-state index < -0.39 is 17.9 Å². The third kappa shape index (κ3) is 5.56. The van der Waals surface area contributed by atoms with Gasteiger partial charge < -0.3 is 20.1 Å². The number of aliphatic carboxylic acids is 1. The van der Waals surface area contributed by atoms with Gasteiger partial charge in [-0.25, -0.2) is 4.79 Å². The smallest absolute Gasteiger partial charge is 0.328 e. The molecule has 0 aromatic carbocycles. The molecule has 1 aliphatic heterocycles. The first-order valence-electron chi connectivity index (χ1n) is 6.83. The lowest BCUT2D eigenvalue weighted by molar-refractivity contribution is -0.144. The second-order valence-electron chi connectivity index (χ2n) is 4.89. The maximum atomic E-state index is 11.9. The molecule has 1 rings (SSSR count). The molecule has 0 aromatic rings. The van der Waals surface area contributed by atoms with Crippen LogP contribution in [-0.4, -0.2) is 60.6 Å². The number of likely N-dealkylation sites (tertiary alicyclic amines) is 1. The molecule has 1 unspecified atom stereocenters. The van der Waals surface area contributed by atoms with E-state index >= 15 is 0 Å². The highest BCUT2D eigenvalue weighted by Crippen LogP contribution is 2.11. The average molecular weight is 286 g/mol. The summed E-state index contributed by atoms with van der Waals surface area (Å²) in [5.41, 5.74) is 0. The van der Waals surface area contributed by atoms with Crippen molar-refractivity contribution in [2.24, 2.45) is 0 Å². The van der Waals surface area contributed by atoms with Crippen LogP contribution in [0.1, 0.15) is 32.1 Å². The number of carbonyl (C=O) groups excluding carboxylic acids is 2. The van der Waals surface area contributed by atoms with Crippen LogP contribution < -0.4 is 5.32 Å². The largest absolute Gasteiger partial charge is 0.480 e. The minimum atomic E-state index is -1.15. The normalized spacial score (nSPS) is 18.1. The first-order valence-corrected chi connectivity index (χ1v) is 6.83. The van der Waals surface area contributed by atoms with Gasteiger partial charge in [-0.2, -0.15) is 0 Å². The highest BCUT2D eigenvalue weighted by Gasteiger charge is 2.23. The third-order valence-corrected chi connectivity index (χ3v) is 3.22. The minimum Gasteiger partial charge on any atom is -0.480 e. The molecule has 7 heteroatoms. The summed E-state index contributed by atoms with van der Waals surface area (Å²) in [6, 6.07) is -1.09. The van der Waals surface area contributed by atoms with Crippen molar-refractivity contribution in [1.82, 2.24) is 10.2 Å². The maximum Gasteiger partial charge on any atom is 0.328 e. The van der Waals surface area contributed by atoms with E-state index in [1.165, 1.54) is 12.0 Å². The van der Waals surface area contributed by atoms with Crippen LogP contribution >= 0.6 is 0 Å². The molecule has 0 aliphatic carbocycles. The van der Waals surface area contributed by atoms with E-state index in [4.69, 9.17) is 9.84 Å². The molecule has 1 aliphatic rings. The van der Waals surface area contributed by atoms with Crippen LogP contribution in [0.5, 0.6) is 0 Å². The second kappa shape index (κ2) is 8.52. The topological polar surface area (TPSA) is 95.9 Å². The zero-order chi connectivity index (χ0) is 15.0. The van der Waals surface area contributed by atoms with E-state index in [2.05, 4.69) is 5.32 Å². The van der Waals surface area contributed by atoms with Crippen LogP contribution in [0.15, 0.2) is 0 Å². The van der Waals surface area contributed by atoms with E-state index in [-0.39, 0.29) is 19.1 Å². The summed E-state index contributed by atoms with van der Waals surface area (Å²) in [5, 5.41) is 11.3. The lowest BCUT2D eigenvalue weighted by Crippen LogP contribution is -2.49. The van der Waals surface area contributed by atoms with Gasteiger partial charge in [0.05, 0.1) is 13.2 Å². The van der Waals surface area contributed by atoms with E-state index in [0.29, 0.717) is 13.0 Å². The van der Waals surface area contributed by atoms with Crippen molar-refractivity contribution in [3.63, 3.8) is 0 Å². The monoisotopic (exact) mass is 286 g/mol. The van der Waals surface area contributed by atoms with Crippen LogP contribution in [-0.2, 0) is 19.1 Å². The summed E-state index contributed by atoms with van der Waals surface area (Å²) in [6.07, 6.45) is 4.26. The second-order valence-corrected chi connectivity index (χ2v) is 4.89. The van der Waals surface area contributed by atoms with Crippen molar-refractivity contribution in [2.75, 3.05) is 26.8 Å². The van der Waals surface area contributed by atoms with Crippen LogP contribution in [0.25, 0.3) is 0 Å². The van der Waals surface area contributed by atoms with Gasteiger partial charge in [0.1, 0.15) is 0 Å². The number of methoxy groups -OCH3 is 1. The van der Waals surface area contributed by atoms with E-state index in [0.717, 1.165) is 25.7 Å². The summed E-state index contributed by atoms with van der Waals surface area (Å²) in [6.45, 7) is 0.357. The predicted molar refractivity (Wildman–Crippen MR) is 71.1 cm³/mol. The molecule has 114 valence electrons. The highest BCUT2D eigenvalue weighted by molar-refractivity contribution is 5.88. The SMILES string of the molecule is COCC(NC(=O)CN1CCCCCCC1=O)C(=O)O. The van der Waals surface area contributed by atoms with Crippen molar-refractivity contribution in [2.45, 2.75) is 38.1 Å². The molecule has 1 atom stereocenters. The first-order chi connectivity index (χ1) is 9.54. The molecule has 1 heterocycles. The Morgan fingerprint density at radius 2 is 2.05 bits per heavy atom. The standard InChI is InChI=1S/C13H22N2O5/c1-20-9-10(13(18)19)14-11(16)8-15-7-5-3-2-4-6-12(15)17/h10H,2-9H2,1H3,(H,14,16)(H,18,19). The Morgan fingerprint density at radius 3 is 2.70 bits per heavy atom. The number of carbonyl (C=O) groups is 3. The molecule has 7 nitrogen and oxygen atoms in total. The molecule has 0 radical (unpaired) electrons. The van der Waals surface area contributed by atoms with Crippen molar-refractivity contribution in [1.29, 1.82) is 0 Å².